The van der Waals surface area contributed by atoms with Crippen molar-refractivity contribution < 1.29 is 19.0 Å². The van der Waals surface area contributed by atoms with Gasteiger partial charge in [0.1, 0.15) is 19.0 Å². The molecule has 2 aromatic carbocycles. The summed E-state index contributed by atoms with van der Waals surface area (Å²) in [5.41, 5.74) is 2.02. The zero-order valence-corrected chi connectivity index (χ0v) is 18.2. The van der Waals surface area contributed by atoms with Crippen molar-refractivity contribution in [1.29, 1.82) is 0 Å². The molecule has 31 heavy (non-hydrogen) atoms. The Morgan fingerprint density at radius 2 is 1.87 bits per heavy atom. The van der Waals surface area contributed by atoms with Crippen LogP contribution in [0.5, 0.6) is 17.2 Å². The van der Waals surface area contributed by atoms with Gasteiger partial charge >= 0.3 is 0 Å². The van der Waals surface area contributed by atoms with Crippen molar-refractivity contribution in [3.8, 4) is 17.2 Å². The summed E-state index contributed by atoms with van der Waals surface area (Å²) in [5, 5.41) is 12.4. The van der Waals surface area contributed by atoms with Gasteiger partial charge in [-0.1, -0.05) is 30.0 Å². The molecule has 0 unspecified atom stereocenters. The van der Waals surface area contributed by atoms with Crippen LogP contribution in [0.15, 0.2) is 47.6 Å². The molecule has 162 valence electrons. The molecule has 0 N–H and O–H groups in total. The Morgan fingerprint density at radius 3 is 2.65 bits per heavy atom. The molecule has 0 saturated carbocycles. The van der Waals surface area contributed by atoms with Gasteiger partial charge in [0.05, 0.1) is 19.4 Å². The topological polar surface area (TPSA) is 91.6 Å². The number of aromatic nitrogens is 4. The smallest absolute Gasteiger partial charge is 0.233 e. The van der Waals surface area contributed by atoms with Crippen LogP contribution in [-0.4, -0.2) is 64.1 Å². The molecule has 0 spiro atoms. The maximum Gasteiger partial charge on any atom is 0.233 e. The van der Waals surface area contributed by atoms with Gasteiger partial charge in [0, 0.05) is 13.6 Å². The third-order valence-corrected chi connectivity index (χ3v) is 5.71. The molecule has 9 nitrogen and oxygen atoms in total. The van der Waals surface area contributed by atoms with Crippen molar-refractivity contribution in [2.24, 2.45) is 0 Å². The highest BCUT2D eigenvalue weighted by Crippen LogP contribution is 2.31. The summed E-state index contributed by atoms with van der Waals surface area (Å²) in [6.07, 6.45) is 0. The fraction of sp³-hybridized carbons (Fsp3) is 0.333. The van der Waals surface area contributed by atoms with Gasteiger partial charge < -0.3 is 19.1 Å². The van der Waals surface area contributed by atoms with E-state index in [1.807, 2.05) is 42.5 Å². The lowest BCUT2D eigenvalue weighted by atomic mass is 10.2. The van der Waals surface area contributed by atoms with Crippen molar-refractivity contribution >= 4 is 17.7 Å². The summed E-state index contributed by atoms with van der Waals surface area (Å²) in [4.78, 5) is 14.3. The van der Waals surface area contributed by atoms with Crippen molar-refractivity contribution in [2.75, 3.05) is 33.1 Å². The van der Waals surface area contributed by atoms with Gasteiger partial charge in [0.25, 0.3) is 0 Å². The van der Waals surface area contributed by atoms with Crippen LogP contribution in [0.4, 0.5) is 0 Å². The molecule has 0 fully saturated rings. The Labute approximate surface area is 184 Å². The fourth-order valence-electron chi connectivity index (χ4n) is 3.09. The van der Waals surface area contributed by atoms with Gasteiger partial charge in [0.2, 0.25) is 11.1 Å². The number of hydrogen-bond acceptors (Lipinski definition) is 8. The van der Waals surface area contributed by atoms with Crippen LogP contribution < -0.4 is 14.2 Å². The third kappa shape index (κ3) is 5.26. The molecule has 0 saturated heterocycles. The molecular formula is C21H23N5O4S. The number of hydrogen-bond donors (Lipinski definition) is 0. The van der Waals surface area contributed by atoms with Crippen LogP contribution in [0.2, 0.25) is 0 Å². The van der Waals surface area contributed by atoms with Crippen LogP contribution in [0.1, 0.15) is 11.1 Å². The molecular weight excluding hydrogens is 418 g/mol. The van der Waals surface area contributed by atoms with Crippen molar-refractivity contribution in [2.45, 2.75) is 18.2 Å². The quantitative estimate of drug-likeness (QED) is 0.492. The first kappa shape index (κ1) is 21.0. The van der Waals surface area contributed by atoms with E-state index in [9.17, 15) is 4.79 Å². The van der Waals surface area contributed by atoms with Crippen LogP contribution in [-0.2, 0) is 17.9 Å². The van der Waals surface area contributed by atoms with Gasteiger partial charge in [0.15, 0.2) is 11.5 Å². The standard InChI is InChI=1S/C21H23N5O4S/c1-25(12-16-5-8-18-19(11-16)30-10-9-29-18)20(27)14-31-21-22-23-24-26(21)13-15-3-6-17(28-2)7-4-15/h3-8,11H,9-10,12-14H2,1-2H3. The Kier molecular flexibility index (Phi) is 6.56. The van der Waals surface area contributed by atoms with Crippen LogP contribution >= 0.6 is 11.8 Å². The number of carbonyl (C=O) groups is 1. The fourth-order valence-corrected chi connectivity index (χ4v) is 3.90. The number of thioether (sulfide) groups is 1. The predicted octanol–water partition coefficient (Wildman–Crippen LogP) is 2.25. The van der Waals surface area contributed by atoms with E-state index in [0.29, 0.717) is 31.5 Å². The van der Waals surface area contributed by atoms with E-state index in [1.54, 1.807) is 23.7 Å². The molecule has 3 aromatic rings. The molecule has 0 atom stereocenters. The second-order valence-corrected chi connectivity index (χ2v) is 7.93. The van der Waals surface area contributed by atoms with Gasteiger partial charge in [-0.15, -0.1) is 5.10 Å². The number of benzene rings is 2. The summed E-state index contributed by atoms with van der Waals surface area (Å²) in [5.74, 6) is 2.48. The lowest BCUT2D eigenvalue weighted by molar-refractivity contribution is -0.127. The second-order valence-electron chi connectivity index (χ2n) is 6.98. The maximum absolute atomic E-state index is 12.6. The van der Waals surface area contributed by atoms with Crippen LogP contribution in [0.25, 0.3) is 0 Å². The first-order chi connectivity index (χ1) is 15.1. The number of fused-ring (bicyclic) bond motifs is 1. The lowest BCUT2D eigenvalue weighted by Gasteiger charge is -2.21. The average molecular weight is 442 g/mol. The molecule has 1 aromatic heterocycles. The number of tetrazole rings is 1. The molecule has 4 rings (SSSR count). The number of methoxy groups -OCH3 is 1. The number of rotatable bonds is 8. The van der Waals surface area contributed by atoms with E-state index in [-0.39, 0.29) is 11.7 Å². The van der Waals surface area contributed by atoms with Gasteiger partial charge in [-0.25, -0.2) is 4.68 Å². The molecule has 1 aliphatic heterocycles. The maximum atomic E-state index is 12.6. The van der Waals surface area contributed by atoms with Crippen molar-refractivity contribution in [3.63, 3.8) is 0 Å². The monoisotopic (exact) mass is 441 g/mol. The Hall–Kier alpha value is -3.27. The highest BCUT2D eigenvalue weighted by Gasteiger charge is 2.16. The third-order valence-electron chi connectivity index (χ3n) is 4.77. The number of amides is 1. The number of nitrogens with zero attached hydrogens (tertiary/aromatic N) is 5. The molecule has 0 radical (unpaired) electrons. The van der Waals surface area contributed by atoms with E-state index >= 15 is 0 Å². The molecule has 0 bridgehead atoms. The Morgan fingerprint density at radius 1 is 1.13 bits per heavy atom. The normalized spacial score (nSPS) is 12.5. The lowest BCUT2D eigenvalue weighted by Crippen LogP contribution is -2.28. The second kappa shape index (κ2) is 9.69. The molecule has 10 heteroatoms. The number of carbonyl (C=O) groups excluding carboxylic acids is 1. The average Bonchev–Trinajstić information content (AvgIpc) is 3.24. The van der Waals surface area contributed by atoms with Gasteiger partial charge in [-0.3, -0.25) is 4.79 Å². The largest absolute Gasteiger partial charge is 0.497 e. The van der Waals surface area contributed by atoms with Gasteiger partial charge in [-0.05, 0) is 45.8 Å². The summed E-state index contributed by atoms with van der Waals surface area (Å²) in [6, 6.07) is 13.4. The van der Waals surface area contributed by atoms with E-state index in [4.69, 9.17) is 14.2 Å². The minimum absolute atomic E-state index is 0.0149. The number of ether oxygens (including phenoxy) is 3. The van der Waals surface area contributed by atoms with Crippen LogP contribution in [0, 0.1) is 0 Å². The summed E-state index contributed by atoms with van der Waals surface area (Å²) >= 11 is 1.32. The summed E-state index contributed by atoms with van der Waals surface area (Å²) < 4.78 is 18.0. The predicted molar refractivity (Wildman–Crippen MR) is 115 cm³/mol. The molecule has 0 aliphatic carbocycles. The van der Waals surface area contributed by atoms with E-state index in [0.717, 1.165) is 28.4 Å². The molecule has 2 heterocycles. The van der Waals surface area contributed by atoms with Gasteiger partial charge in [-0.2, -0.15) is 0 Å². The van der Waals surface area contributed by atoms with Crippen LogP contribution in [0.3, 0.4) is 0 Å². The zero-order chi connectivity index (χ0) is 21.6. The Bertz CT molecular complexity index is 1040. The first-order valence-electron chi connectivity index (χ1n) is 9.77. The first-order valence-corrected chi connectivity index (χ1v) is 10.8. The highest BCUT2D eigenvalue weighted by atomic mass is 32.2. The minimum Gasteiger partial charge on any atom is -0.497 e. The SMILES string of the molecule is COc1ccc(Cn2nnnc2SCC(=O)N(C)Cc2ccc3c(c2)OCCO3)cc1. The van der Waals surface area contributed by atoms with E-state index in [2.05, 4.69) is 15.5 Å². The zero-order valence-electron chi connectivity index (χ0n) is 17.4. The van der Waals surface area contributed by atoms with Crippen molar-refractivity contribution in [1.82, 2.24) is 25.1 Å². The van der Waals surface area contributed by atoms with E-state index in [1.165, 1.54) is 11.8 Å². The highest BCUT2D eigenvalue weighted by molar-refractivity contribution is 7.99. The molecule has 1 aliphatic rings. The minimum atomic E-state index is -0.0149. The molecule has 1 amide bonds. The van der Waals surface area contributed by atoms with E-state index < -0.39 is 0 Å². The Balaban J connectivity index is 1.32. The van der Waals surface area contributed by atoms with Crippen molar-refractivity contribution in [3.05, 3.63) is 53.6 Å². The summed E-state index contributed by atoms with van der Waals surface area (Å²) in [7, 11) is 3.41. The summed E-state index contributed by atoms with van der Waals surface area (Å²) in [6.45, 7) is 2.08.